The van der Waals surface area contributed by atoms with Gasteiger partial charge in [-0.3, -0.25) is 9.59 Å². The highest BCUT2D eigenvalue weighted by Crippen LogP contribution is 2.32. The molecule has 2 heterocycles. The molecule has 0 aromatic heterocycles. The molecule has 0 saturated carbocycles. The second-order valence-corrected chi connectivity index (χ2v) is 7.07. The average Bonchev–Trinajstić information content (AvgIpc) is 3.28. The number of hydrogen-bond acceptors (Lipinski definition) is 4. The van der Waals surface area contributed by atoms with E-state index in [-0.39, 0.29) is 30.9 Å². The van der Waals surface area contributed by atoms with Gasteiger partial charge >= 0.3 is 0 Å². The van der Waals surface area contributed by atoms with Crippen LogP contribution in [0.3, 0.4) is 0 Å². The van der Waals surface area contributed by atoms with Crippen LogP contribution in [0.4, 0.5) is 0 Å². The van der Waals surface area contributed by atoms with Crippen molar-refractivity contribution in [1.29, 1.82) is 0 Å². The predicted octanol–water partition coefficient (Wildman–Crippen LogP) is 2.39. The molecule has 2 amide bonds. The number of carbonyl (C=O) groups excluding carboxylic acids is 2. The Bertz CT molecular complexity index is 863. The van der Waals surface area contributed by atoms with Gasteiger partial charge in [-0.15, -0.1) is 0 Å². The van der Waals surface area contributed by atoms with Crippen LogP contribution in [0.1, 0.15) is 23.1 Å². The predicted molar refractivity (Wildman–Crippen MR) is 99.1 cm³/mol. The van der Waals surface area contributed by atoms with Crippen molar-refractivity contribution in [1.82, 2.24) is 10.2 Å². The van der Waals surface area contributed by atoms with E-state index in [4.69, 9.17) is 9.47 Å². The van der Waals surface area contributed by atoms with E-state index >= 15 is 0 Å². The number of fused-ring (bicyclic) bond motifs is 1. The van der Waals surface area contributed by atoms with Crippen molar-refractivity contribution in [2.75, 3.05) is 13.3 Å². The maximum Gasteiger partial charge on any atom is 0.231 e. The van der Waals surface area contributed by atoms with Gasteiger partial charge in [-0.1, -0.05) is 35.9 Å². The summed E-state index contributed by atoms with van der Waals surface area (Å²) in [5.74, 6) is 1.04. The van der Waals surface area contributed by atoms with Crippen molar-refractivity contribution in [3.8, 4) is 11.5 Å². The van der Waals surface area contributed by atoms with Crippen molar-refractivity contribution in [2.45, 2.75) is 26.4 Å². The number of amides is 2. The third kappa shape index (κ3) is 3.89. The van der Waals surface area contributed by atoms with E-state index in [2.05, 4.69) is 5.32 Å². The van der Waals surface area contributed by atoms with Crippen molar-refractivity contribution < 1.29 is 19.1 Å². The first kappa shape index (κ1) is 17.4. The van der Waals surface area contributed by atoms with Gasteiger partial charge in [-0.05, 0) is 30.2 Å². The van der Waals surface area contributed by atoms with Crippen LogP contribution in [0.15, 0.2) is 42.5 Å². The van der Waals surface area contributed by atoms with Crippen LogP contribution in [-0.2, 0) is 22.7 Å². The first-order valence-electron chi connectivity index (χ1n) is 9.08. The van der Waals surface area contributed by atoms with Gasteiger partial charge in [0.15, 0.2) is 11.5 Å². The van der Waals surface area contributed by atoms with Gasteiger partial charge in [-0.2, -0.15) is 0 Å². The van der Waals surface area contributed by atoms with E-state index in [1.807, 2.05) is 49.4 Å². The van der Waals surface area contributed by atoms with E-state index in [1.165, 1.54) is 5.56 Å². The summed E-state index contributed by atoms with van der Waals surface area (Å²) in [5.41, 5.74) is 3.20. The summed E-state index contributed by atoms with van der Waals surface area (Å²) in [6, 6.07) is 13.7. The molecule has 1 atom stereocenters. The molecule has 6 heteroatoms. The Morgan fingerprint density at radius 2 is 1.85 bits per heavy atom. The molecular formula is C21H22N2O4. The van der Waals surface area contributed by atoms with E-state index in [1.54, 1.807) is 4.90 Å². The van der Waals surface area contributed by atoms with Crippen LogP contribution >= 0.6 is 0 Å². The fraction of sp³-hybridized carbons (Fsp3) is 0.333. The van der Waals surface area contributed by atoms with E-state index in [0.29, 0.717) is 25.4 Å². The van der Waals surface area contributed by atoms with Gasteiger partial charge in [0.25, 0.3) is 0 Å². The topological polar surface area (TPSA) is 67.9 Å². The Hall–Kier alpha value is -3.02. The number of ether oxygens (including phenoxy) is 2. The molecule has 1 unspecified atom stereocenters. The number of nitrogens with zero attached hydrogens (tertiary/aromatic N) is 1. The molecular weight excluding hydrogens is 344 g/mol. The normalized spacial score (nSPS) is 18.0. The Labute approximate surface area is 158 Å². The second-order valence-electron chi connectivity index (χ2n) is 7.07. The van der Waals surface area contributed by atoms with Gasteiger partial charge in [-0.25, -0.2) is 0 Å². The zero-order valence-electron chi connectivity index (χ0n) is 15.2. The average molecular weight is 366 g/mol. The summed E-state index contributed by atoms with van der Waals surface area (Å²) in [4.78, 5) is 26.5. The maximum absolute atomic E-state index is 12.5. The minimum absolute atomic E-state index is 0.0267. The Balaban J connectivity index is 1.31. The fourth-order valence-corrected chi connectivity index (χ4v) is 3.40. The van der Waals surface area contributed by atoms with E-state index in [0.717, 1.165) is 16.9 Å². The number of aryl methyl sites for hydroxylation is 1. The Morgan fingerprint density at radius 3 is 2.67 bits per heavy atom. The second kappa shape index (κ2) is 7.31. The summed E-state index contributed by atoms with van der Waals surface area (Å²) in [7, 11) is 0. The number of carbonyl (C=O) groups is 2. The minimum Gasteiger partial charge on any atom is -0.454 e. The molecule has 2 aromatic carbocycles. The number of benzene rings is 2. The molecule has 4 rings (SSSR count). The third-order valence-corrected chi connectivity index (χ3v) is 4.98. The van der Waals surface area contributed by atoms with Crippen LogP contribution in [0, 0.1) is 12.8 Å². The maximum atomic E-state index is 12.5. The third-order valence-electron chi connectivity index (χ3n) is 4.98. The molecule has 1 N–H and O–H groups in total. The summed E-state index contributed by atoms with van der Waals surface area (Å²) < 4.78 is 10.6. The summed E-state index contributed by atoms with van der Waals surface area (Å²) >= 11 is 0. The molecule has 0 spiro atoms. The van der Waals surface area contributed by atoms with Crippen molar-refractivity contribution in [3.05, 3.63) is 59.2 Å². The quantitative estimate of drug-likeness (QED) is 0.882. The first-order chi connectivity index (χ1) is 13.1. The molecule has 1 saturated heterocycles. The lowest BCUT2D eigenvalue weighted by molar-refractivity contribution is -0.129. The SMILES string of the molecule is Cc1ccc(CN2CC(C(=O)NCc3ccc4c(c3)OCO4)CC2=O)cc1. The van der Waals surface area contributed by atoms with Crippen LogP contribution in [0.2, 0.25) is 0 Å². The lowest BCUT2D eigenvalue weighted by Gasteiger charge is -2.17. The van der Waals surface area contributed by atoms with Crippen molar-refractivity contribution >= 4 is 11.8 Å². The van der Waals surface area contributed by atoms with E-state index in [9.17, 15) is 9.59 Å². The lowest BCUT2D eigenvalue weighted by Crippen LogP contribution is -2.32. The van der Waals surface area contributed by atoms with Gasteiger partial charge in [0.05, 0.1) is 5.92 Å². The first-order valence-corrected chi connectivity index (χ1v) is 9.08. The van der Waals surface area contributed by atoms with Gasteiger partial charge in [0.1, 0.15) is 0 Å². The zero-order chi connectivity index (χ0) is 18.8. The number of rotatable bonds is 5. The molecule has 6 nitrogen and oxygen atoms in total. The highest BCUT2D eigenvalue weighted by atomic mass is 16.7. The van der Waals surface area contributed by atoms with E-state index < -0.39 is 0 Å². The molecule has 27 heavy (non-hydrogen) atoms. The van der Waals surface area contributed by atoms with Crippen LogP contribution in [-0.4, -0.2) is 30.1 Å². The van der Waals surface area contributed by atoms with Crippen LogP contribution < -0.4 is 14.8 Å². The molecule has 2 aliphatic heterocycles. The molecule has 1 fully saturated rings. The molecule has 2 aromatic rings. The number of hydrogen-bond donors (Lipinski definition) is 1. The lowest BCUT2D eigenvalue weighted by atomic mass is 10.1. The van der Waals surface area contributed by atoms with Crippen molar-refractivity contribution in [2.24, 2.45) is 5.92 Å². The van der Waals surface area contributed by atoms with Gasteiger partial charge < -0.3 is 19.7 Å². The molecule has 0 bridgehead atoms. The highest BCUT2D eigenvalue weighted by Gasteiger charge is 2.34. The monoisotopic (exact) mass is 366 g/mol. The minimum atomic E-state index is -0.308. The summed E-state index contributed by atoms with van der Waals surface area (Å²) in [6.07, 6.45) is 0.263. The fourth-order valence-electron chi connectivity index (χ4n) is 3.40. The number of likely N-dealkylation sites (tertiary alicyclic amines) is 1. The summed E-state index contributed by atoms with van der Waals surface area (Å²) in [5, 5.41) is 2.93. The standard InChI is InChI=1S/C21H22N2O4/c1-14-2-4-15(5-3-14)11-23-12-17(9-20(23)24)21(25)22-10-16-6-7-18-19(8-16)27-13-26-18/h2-8,17H,9-13H2,1H3,(H,22,25). The molecule has 140 valence electrons. The Kier molecular flexibility index (Phi) is 4.71. The molecule has 0 aliphatic carbocycles. The molecule has 0 radical (unpaired) electrons. The van der Waals surface area contributed by atoms with Crippen LogP contribution in [0.5, 0.6) is 11.5 Å². The number of nitrogens with one attached hydrogen (secondary N) is 1. The van der Waals surface area contributed by atoms with Gasteiger partial charge in [0.2, 0.25) is 18.6 Å². The highest BCUT2D eigenvalue weighted by molar-refractivity contribution is 5.89. The largest absolute Gasteiger partial charge is 0.454 e. The Morgan fingerprint density at radius 1 is 1.11 bits per heavy atom. The van der Waals surface area contributed by atoms with Gasteiger partial charge in [0, 0.05) is 26.1 Å². The smallest absolute Gasteiger partial charge is 0.231 e. The summed E-state index contributed by atoms with van der Waals surface area (Å²) in [6.45, 7) is 3.67. The van der Waals surface area contributed by atoms with Crippen LogP contribution in [0.25, 0.3) is 0 Å². The molecule has 2 aliphatic rings. The zero-order valence-corrected chi connectivity index (χ0v) is 15.2. The van der Waals surface area contributed by atoms with Crippen molar-refractivity contribution in [3.63, 3.8) is 0 Å².